The first kappa shape index (κ1) is 17.2. The third-order valence-electron chi connectivity index (χ3n) is 5.11. The summed E-state index contributed by atoms with van der Waals surface area (Å²) in [5, 5.41) is 0. The molecule has 6 heteroatoms. The summed E-state index contributed by atoms with van der Waals surface area (Å²) in [6.07, 6.45) is 1.53. The van der Waals surface area contributed by atoms with Gasteiger partial charge in [-0.15, -0.1) is 0 Å². The number of nitrogens with two attached hydrogens (primary N) is 1. The Morgan fingerprint density at radius 2 is 2.21 bits per heavy atom. The standard InChI is InChI=1S/C18H26FN3O2/c1-12-10-21(11-14-8-15(19)9-16(20)13(14)2)5-6-22(12)18(23)17-4-3-7-24-17/h8-9,12,17H,3-7,10-11,20H2,1-2H3/t12-,17-/m0/s1. The van der Waals surface area contributed by atoms with Crippen molar-refractivity contribution in [1.29, 1.82) is 0 Å². The second kappa shape index (κ2) is 7.07. The number of piperazine rings is 1. The van der Waals surface area contributed by atoms with E-state index in [1.54, 1.807) is 6.07 Å². The van der Waals surface area contributed by atoms with Crippen LogP contribution in [-0.2, 0) is 16.1 Å². The van der Waals surface area contributed by atoms with Gasteiger partial charge in [-0.1, -0.05) is 0 Å². The second-order valence-electron chi connectivity index (χ2n) is 6.90. The van der Waals surface area contributed by atoms with Crippen LogP contribution in [0.1, 0.15) is 30.9 Å². The maximum Gasteiger partial charge on any atom is 0.252 e. The molecule has 2 aliphatic heterocycles. The van der Waals surface area contributed by atoms with E-state index in [0.717, 1.165) is 37.1 Å². The molecule has 1 aromatic rings. The SMILES string of the molecule is Cc1c(N)cc(F)cc1CN1CCN(C(=O)[C@@H]2CCCO2)[C@@H](C)C1. The van der Waals surface area contributed by atoms with E-state index in [4.69, 9.17) is 10.5 Å². The van der Waals surface area contributed by atoms with Crippen LogP contribution in [0.25, 0.3) is 0 Å². The summed E-state index contributed by atoms with van der Waals surface area (Å²) in [7, 11) is 0. The molecule has 2 N–H and O–H groups in total. The number of hydrogen-bond donors (Lipinski definition) is 1. The molecular formula is C18H26FN3O2. The van der Waals surface area contributed by atoms with E-state index in [2.05, 4.69) is 11.8 Å². The van der Waals surface area contributed by atoms with Gasteiger partial charge in [0.2, 0.25) is 0 Å². The number of rotatable bonds is 3. The Hall–Kier alpha value is -1.66. The third-order valence-corrected chi connectivity index (χ3v) is 5.11. The van der Waals surface area contributed by atoms with E-state index >= 15 is 0 Å². The molecule has 3 rings (SSSR count). The maximum atomic E-state index is 13.6. The van der Waals surface area contributed by atoms with Gasteiger partial charge in [0.15, 0.2) is 0 Å². The molecule has 0 unspecified atom stereocenters. The Kier molecular flexibility index (Phi) is 5.06. The van der Waals surface area contributed by atoms with Crippen molar-refractivity contribution < 1.29 is 13.9 Å². The molecule has 0 aromatic heterocycles. The van der Waals surface area contributed by atoms with Crippen molar-refractivity contribution in [2.24, 2.45) is 0 Å². The first-order valence-electron chi connectivity index (χ1n) is 8.64. The van der Waals surface area contributed by atoms with E-state index in [-0.39, 0.29) is 23.9 Å². The van der Waals surface area contributed by atoms with Crippen molar-refractivity contribution in [3.63, 3.8) is 0 Å². The van der Waals surface area contributed by atoms with Gasteiger partial charge in [-0.25, -0.2) is 4.39 Å². The Balaban J connectivity index is 1.62. The van der Waals surface area contributed by atoms with Gasteiger partial charge >= 0.3 is 0 Å². The summed E-state index contributed by atoms with van der Waals surface area (Å²) in [6.45, 7) is 7.55. The molecule has 2 fully saturated rings. The summed E-state index contributed by atoms with van der Waals surface area (Å²) in [5.41, 5.74) is 8.20. The van der Waals surface area contributed by atoms with Crippen LogP contribution in [0.5, 0.6) is 0 Å². The van der Waals surface area contributed by atoms with Crippen LogP contribution >= 0.6 is 0 Å². The maximum absolute atomic E-state index is 13.6. The smallest absolute Gasteiger partial charge is 0.252 e. The van der Waals surface area contributed by atoms with E-state index in [1.165, 1.54) is 6.07 Å². The molecular weight excluding hydrogens is 309 g/mol. The highest BCUT2D eigenvalue weighted by Gasteiger charge is 2.33. The summed E-state index contributed by atoms with van der Waals surface area (Å²) in [6, 6.07) is 3.04. The molecule has 0 spiro atoms. The van der Waals surface area contributed by atoms with Crippen molar-refractivity contribution >= 4 is 11.6 Å². The zero-order valence-corrected chi connectivity index (χ0v) is 14.4. The van der Waals surface area contributed by atoms with Gasteiger partial charge in [-0.2, -0.15) is 0 Å². The number of benzene rings is 1. The van der Waals surface area contributed by atoms with Crippen LogP contribution in [0.2, 0.25) is 0 Å². The molecule has 0 aliphatic carbocycles. The van der Waals surface area contributed by atoms with Crippen LogP contribution in [-0.4, -0.2) is 54.1 Å². The molecule has 0 radical (unpaired) electrons. The number of nitrogens with zero attached hydrogens (tertiary/aromatic N) is 2. The Morgan fingerprint density at radius 3 is 2.88 bits per heavy atom. The lowest BCUT2D eigenvalue weighted by atomic mass is 10.0. The fraction of sp³-hybridized carbons (Fsp3) is 0.611. The van der Waals surface area contributed by atoms with E-state index in [0.29, 0.717) is 25.4 Å². The van der Waals surface area contributed by atoms with Gasteiger partial charge in [-0.3, -0.25) is 9.69 Å². The fourth-order valence-corrected chi connectivity index (χ4v) is 3.63. The van der Waals surface area contributed by atoms with Crippen LogP contribution in [0.3, 0.4) is 0 Å². The molecule has 1 aromatic carbocycles. The zero-order chi connectivity index (χ0) is 17.3. The first-order valence-corrected chi connectivity index (χ1v) is 8.64. The summed E-state index contributed by atoms with van der Waals surface area (Å²) in [5.74, 6) is -0.181. The van der Waals surface area contributed by atoms with Crippen molar-refractivity contribution in [3.05, 3.63) is 29.1 Å². The summed E-state index contributed by atoms with van der Waals surface area (Å²) in [4.78, 5) is 16.7. The molecule has 0 saturated carbocycles. The normalized spacial score (nSPS) is 25.2. The second-order valence-corrected chi connectivity index (χ2v) is 6.90. The molecule has 2 heterocycles. The minimum Gasteiger partial charge on any atom is -0.398 e. The van der Waals surface area contributed by atoms with Crippen LogP contribution in [0.15, 0.2) is 12.1 Å². The molecule has 2 atom stereocenters. The average Bonchev–Trinajstić information content (AvgIpc) is 3.06. The molecule has 5 nitrogen and oxygen atoms in total. The molecule has 2 aliphatic rings. The molecule has 132 valence electrons. The lowest BCUT2D eigenvalue weighted by Crippen LogP contribution is -2.55. The Labute approximate surface area is 142 Å². The van der Waals surface area contributed by atoms with Crippen molar-refractivity contribution in [2.45, 2.75) is 45.4 Å². The Morgan fingerprint density at radius 1 is 1.42 bits per heavy atom. The lowest BCUT2D eigenvalue weighted by molar-refractivity contribution is -0.145. The molecule has 0 bridgehead atoms. The largest absolute Gasteiger partial charge is 0.398 e. The van der Waals surface area contributed by atoms with Crippen molar-refractivity contribution in [1.82, 2.24) is 9.80 Å². The van der Waals surface area contributed by atoms with Crippen LogP contribution in [0.4, 0.5) is 10.1 Å². The fourth-order valence-electron chi connectivity index (χ4n) is 3.63. The number of hydrogen-bond acceptors (Lipinski definition) is 4. The van der Waals surface area contributed by atoms with Crippen LogP contribution in [0, 0.1) is 12.7 Å². The molecule has 24 heavy (non-hydrogen) atoms. The molecule has 2 saturated heterocycles. The minimum atomic E-state index is -0.298. The predicted molar refractivity (Wildman–Crippen MR) is 91.0 cm³/mol. The minimum absolute atomic E-state index is 0.117. The van der Waals surface area contributed by atoms with Gasteiger partial charge in [0.1, 0.15) is 11.9 Å². The van der Waals surface area contributed by atoms with Gasteiger partial charge in [0.25, 0.3) is 5.91 Å². The van der Waals surface area contributed by atoms with Crippen LogP contribution < -0.4 is 5.73 Å². The third kappa shape index (κ3) is 3.54. The number of nitrogen functional groups attached to an aromatic ring is 1. The quantitative estimate of drug-likeness (QED) is 0.858. The zero-order valence-electron chi connectivity index (χ0n) is 14.4. The van der Waals surface area contributed by atoms with E-state index in [9.17, 15) is 9.18 Å². The topological polar surface area (TPSA) is 58.8 Å². The number of carbonyl (C=O) groups is 1. The molecule has 1 amide bonds. The van der Waals surface area contributed by atoms with Crippen molar-refractivity contribution in [2.75, 3.05) is 32.0 Å². The van der Waals surface area contributed by atoms with Gasteiger partial charge < -0.3 is 15.4 Å². The van der Waals surface area contributed by atoms with E-state index in [1.807, 2.05) is 11.8 Å². The number of amides is 1. The highest BCUT2D eigenvalue weighted by atomic mass is 19.1. The number of anilines is 1. The van der Waals surface area contributed by atoms with Gasteiger partial charge in [-0.05, 0) is 49.9 Å². The Bertz CT molecular complexity index is 617. The highest BCUT2D eigenvalue weighted by molar-refractivity contribution is 5.81. The number of carbonyl (C=O) groups excluding carboxylic acids is 1. The van der Waals surface area contributed by atoms with Gasteiger partial charge in [0.05, 0.1) is 0 Å². The van der Waals surface area contributed by atoms with Gasteiger partial charge in [0, 0.05) is 44.5 Å². The first-order chi connectivity index (χ1) is 11.5. The summed E-state index contributed by atoms with van der Waals surface area (Å²) < 4.78 is 19.1. The van der Waals surface area contributed by atoms with Crippen molar-refractivity contribution in [3.8, 4) is 0 Å². The monoisotopic (exact) mass is 335 g/mol. The lowest BCUT2D eigenvalue weighted by Gasteiger charge is -2.41. The average molecular weight is 335 g/mol. The summed E-state index contributed by atoms with van der Waals surface area (Å²) >= 11 is 0. The number of ether oxygens (including phenoxy) is 1. The predicted octanol–water partition coefficient (Wildman–Crippen LogP) is 1.93. The van der Waals surface area contributed by atoms with E-state index < -0.39 is 0 Å². The highest BCUT2D eigenvalue weighted by Crippen LogP contribution is 2.23. The number of halogens is 1.